The molecule has 0 aliphatic rings. The van der Waals surface area contributed by atoms with Crippen LogP contribution in [0.3, 0.4) is 0 Å². The molecule has 0 saturated heterocycles. The molecule has 0 spiro atoms. The van der Waals surface area contributed by atoms with Crippen LogP contribution in [0.1, 0.15) is 21.5 Å². The minimum absolute atomic E-state index is 0.0316. The first-order chi connectivity index (χ1) is 11.7. The molecular formula is C16H12BrF3N2O3. The molecule has 2 N–H and O–H groups in total. The Bertz CT molecular complexity index is 779. The highest BCUT2D eigenvalue weighted by Gasteiger charge is 2.30. The van der Waals surface area contributed by atoms with Gasteiger partial charge >= 0.3 is 12.1 Å². The van der Waals surface area contributed by atoms with Crippen molar-refractivity contribution < 1.29 is 27.9 Å². The fourth-order valence-electron chi connectivity index (χ4n) is 2.04. The van der Waals surface area contributed by atoms with E-state index in [1.165, 1.54) is 6.20 Å². The summed E-state index contributed by atoms with van der Waals surface area (Å²) in [4.78, 5) is 27.4. The van der Waals surface area contributed by atoms with Gasteiger partial charge in [0.15, 0.2) is 0 Å². The summed E-state index contributed by atoms with van der Waals surface area (Å²) in [5.41, 5.74) is -0.384. The minimum Gasteiger partial charge on any atom is -0.480 e. The van der Waals surface area contributed by atoms with Gasteiger partial charge < -0.3 is 10.4 Å². The smallest absolute Gasteiger partial charge is 0.416 e. The second kappa shape index (κ2) is 7.64. The number of hydrogen-bond donors (Lipinski definition) is 2. The monoisotopic (exact) mass is 416 g/mol. The third-order valence-corrected chi connectivity index (χ3v) is 4.05. The lowest BCUT2D eigenvalue weighted by atomic mass is 10.1. The van der Waals surface area contributed by atoms with Crippen molar-refractivity contribution in [2.45, 2.75) is 18.6 Å². The molecule has 1 heterocycles. The van der Waals surface area contributed by atoms with E-state index in [0.29, 0.717) is 10.2 Å². The van der Waals surface area contributed by atoms with Crippen LogP contribution in [0.5, 0.6) is 0 Å². The Kier molecular flexibility index (Phi) is 5.78. The fourth-order valence-corrected chi connectivity index (χ4v) is 2.46. The molecule has 1 amide bonds. The van der Waals surface area contributed by atoms with Crippen LogP contribution in [-0.4, -0.2) is 28.0 Å². The second-order valence-electron chi connectivity index (χ2n) is 5.10. The Balaban J connectivity index is 2.13. The van der Waals surface area contributed by atoms with Crippen molar-refractivity contribution >= 4 is 27.8 Å². The first kappa shape index (κ1) is 18.9. The van der Waals surface area contributed by atoms with Crippen LogP contribution in [0.4, 0.5) is 13.2 Å². The van der Waals surface area contributed by atoms with Crippen LogP contribution in [0.25, 0.3) is 0 Å². The molecule has 2 rings (SSSR count). The number of carboxylic acid groups (broad SMARTS) is 1. The zero-order valence-corrected chi connectivity index (χ0v) is 14.1. The number of hydrogen-bond acceptors (Lipinski definition) is 3. The van der Waals surface area contributed by atoms with E-state index in [4.69, 9.17) is 0 Å². The van der Waals surface area contributed by atoms with Crippen molar-refractivity contribution in [3.63, 3.8) is 0 Å². The van der Waals surface area contributed by atoms with Crippen LogP contribution in [0, 0.1) is 0 Å². The van der Waals surface area contributed by atoms with E-state index in [0.717, 1.165) is 24.3 Å². The molecule has 1 aromatic heterocycles. The largest absolute Gasteiger partial charge is 0.480 e. The van der Waals surface area contributed by atoms with Gasteiger partial charge in [-0.05, 0) is 51.8 Å². The minimum atomic E-state index is -4.51. The van der Waals surface area contributed by atoms with E-state index < -0.39 is 29.7 Å². The number of aliphatic carboxylic acids is 1. The summed E-state index contributed by atoms with van der Waals surface area (Å²) in [6, 6.07) is 5.54. The number of amides is 1. The zero-order chi connectivity index (χ0) is 18.6. The molecule has 0 bridgehead atoms. The predicted molar refractivity (Wildman–Crippen MR) is 86.0 cm³/mol. The molecule has 132 valence electrons. The molecule has 0 fully saturated rings. The van der Waals surface area contributed by atoms with Crippen LogP contribution in [-0.2, 0) is 17.4 Å². The second-order valence-corrected chi connectivity index (χ2v) is 5.85. The lowest BCUT2D eigenvalue weighted by molar-refractivity contribution is -0.139. The maximum Gasteiger partial charge on any atom is 0.416 e. The Morgan fingerprint density at radius 2 is 1.84 bits per heavy atom. The van der Waals surface area contributed by atoms with Gasteiger partial charge in [-0.2, -0.15) is 13.2 Å². The number of carbonyl (C=O) groups excluding carboxylic acids is 1. The van der Waals surface area contributed by atoms with Crippen molar-refractivity contribution in [2.75, 3.05) is 0 Å². The molecule has 1 aromatic carbocycles. The Morgan fingerprint density at radius 1 is 1.20 bits per heavy atom. The Hall–Kier alpha value is -2.42. The normalized spacial score (nSPS) is 12.5. The first-order valence-electron chi connectivity index (χ1n) is 6.99. The summed E-state index contributed by atoms with van der Waals surface area (Å²) >= 11 is 3.19. The standard InChI is InChI=1S/C16H12BrF3N2O3/c17-13-10(2-1-7-21-13)8-12(15(24)25)22-14(23)9-3-5-11(6-4-9)16(18,19)20/h1-7,12H,8H2,(H,22,23)(H,24,25)/t12-/m0/s1. The number of carboxylic acids is 1. The van der Waals surface area contributed by atoms with Crippen molar-refractivity contribution in [1.82, 2.24) is 10.3 Å². The SMILES string of the molecule is O=C(N[C@@H](Cc1cccnc1Br)C(=O)O)c1ccc(C(F)(F)F)cc1. The van der Waals surface area contributed by atoms with Crippen molar-refractivity contribution in [1.29, 1.82) is 0 Å². The summed E-state index contributed by atoms with van der Waals surface area (Å²) in [5.74, 6) is -2.04. The molecule has 0 saturated carbocycles. The number of nitrogens with one attached hydrogen (secondary N) is 1. The number of aromatic nitrogens is 1. The molecule has 9 heteroatoms. The van der Waals surface area contributed by atoms with Gasteiger partial charge in [0.1, 0.15) is 10.6 Å². The summed E-state index contributed by atoms with van der Waals surface area (Å²) in [6.07, 6.45) is -3.02. The summed E-state index contributed by atoms with van der Waals surface area (Å²) < 4.78 is 38.0. The Labute approximate surface area is 149 Å². The van der Waals surface area contributed by atoms with Crippen molar-refractivity contribution in [2.24, 2.45) is 0 Å². The van der Waals surface area contributed by atoms with Crippen LogP contribution < -0.4 is 5.32 Å². The average Bonchev–Trinajstić information content (AvgIpc) is 2.55. The van der Waals surface area contributed by atoms with Crippen LogP contribution in [0.15, 0.2) is 47.2 Å². The third-order valence-electron chi connectivity index (χ3n) is 3.34. The van der Waals surface area contributed by atoms with Crippen molar-refractivity contribution in [3.05, 3.63) is 63.9 Å². The van der Waals surface area contributed by atoms with Gasteiger partial charge in [0.25, 0.3) is 5.91 Å². The summed E-state index contributed by atoms with van der Waals surface area (Å²) in [7, 11) is 0. The highest BCUT2D eigenvalue weighted by atomic mass is 79.9. The molecule has 0 aliphatic carbocycles. The van der Waals surface area contributed by atoms with E-state index in [-0.39, 0.29) is 12.0 Å². The van der Waals surface area contributed by atoms with E-state index >= 15 is 0 Å². The van der Waals surface area contributed by atoms with Gasteiger partial charge in [-0.25, -0.2) is 9.78 Å². The van der Waals surface area contributed by atoms with E-state index in [1.54, 1.807) is 12.1 Å². The highest BCUT2D eigenvalue weighted by molar-refractivity contribution is 9.10. The van der Waals surface area contributed by atoms with E-state index in [9.17, 15) is 27.9 Å². The number of pyridine rings is 1. The van der Waals surface area contributed by atoms with E-state index in [1.807, 2.05) is 0 Å². The van der Waals surface area contributed by atoms with Gasteiger partial charge in [-0.15, -0.1) is 0 Å². The van der Waals surface area contributed by atoms with Crippen molar-refractivity contribution in [3.8, 4) is 0 Å². The lowest BCUT2D eigenvalue weighted by Crippen LogP contribution is -2.42. The Morgan fingerprint density at radius 3 is 2.36 bits per heavy atom. The lowest BCUT2D eigenvalue weighted by Gasteiger charge is -2.15. The van der Waals surface area contributed by atoms with Crippen LogP contribution in [0.2, 0.25) is 0 Å². The number of alkyl halides is 3. The highest BCUT2D eigenvalue weighted by Crippen LogP contribution is 2.29. The van der Waals surface area contributed by atoms with Gasteiger partial charge in [0.05, 0.1) is 5.56 Å². The number of nitrogens with zero attached hydrogens (tertiary/aromatic N) is 1. The molecule has 25 heavy (non-hydrogen) atoms. The quantitative estimate of drug-likeness (QED) is 0.732. The molecular weight excluding hydrogens is 405 g/mol. The molecule has 5 nitrogen and oxygen atoms in total. The average molecular weight is 417 g/mol. The van der Waals surface area contributed by atoms with Gasteiger partial charge in [0, 0.05) is 18.2 Å². The number of carbonyl (C=O) groups is 2. The fraction of sp³-hybridized carbons (Fsp3) is 0.188. The van der Waals surface area contributed by atoms with Gasteiger partial charge in [0.2, 0.25) is 0 Å². The van der Waals surface area contributed by atoms with E-state index in [2.05, 4.69) is 26.2 Å². The van der Waals surface area contributed by atoms with Gasteiger partial charge in [-0.1, -0.05) is 6.07 Å². The first-order valence-corrected chi connectivity index (χ1v) is 7.78. The number of halogens is 4. The molecule has 2 aromatic rings. The number of benzene rings is 1. The van der Waals surface area contributed by atoms with Gasteiger partial charge in [-0.3, -0.25) is 4.79 Å². The molecule has 0 unspecified atom stereocenters. The predicted octanol–water partition coefficient (Wildman–Crippen LogP) is 3.29. The molecule has 1 atom stereocenters. The molecule has 0 radical (unpaired) electrons. The van der Waals surface area contributed by atoms with Crippen LogP contribution >= 0.6 is 15.9 Å². The maximum absolute atomic E-state index is 12.5. The molecule has 0 aliphatic heterocycles. The topological polar surface area (TPSA) is 79.3 Å². The summed E-state index contributed by atoms with van der Waals surface area (Å²) in [6.45, 7) is 0. The number of rotatable bonds is 5. The maximum atomic E-state index is 12.5. The third kappa shape index (κ3) is 5.02. The summed E-state index contributed by atoms with van der Waals surface area (Å²) in [5, 5.41) is 11.6. The zero-order valence-electron chi connectivity index (χ0n) is 12.5.